The first-order valence-electron chi connectivity index (χ1n) is 14.5. The number of ketones is 1. The van der Waals surface area contributed by atoms with Crippen LogP contribution in [0.25, 0.3) is 16.6 Å². The first kappa shape index (κ1) is 29.1. The van der Waals surface area contributed by atoms with E-state index in [0.717, 1.165) is 37.1 Å². The number of amides is 2. The number of aliphatic hydroxyl groups excluding tert-OH is 1. The fourth-order valence-electron chi connectivity index (χ4n) is 5.93. The van der Waals surface area contributed by atoms with E-state index < -0.39 is 6.10 Å². The summed E-state index contributed by atoms with van der Waals surface area (Å²) in [6, 6.07) is 6.85. The number of H-pyrrole nitrogens is 1. The van der Waals surface area contributed by atoms with E-state index in [-0.39, 0.29) is 43.2 Å². The molecule has 3 heterocycles. The van der Waals surface area contributed by atoms with Crippen molar-refractivity contribution in [3.63, 3.8) is 0 Å². The number of aromatic nitrogens is 2. The Hall–Kier alpha value is -3.99. The molecular formula is C32H34ClN5O5. The summed E-state index contributed by atoms with van der Waals surface area (Å²) in [4.78, 5) is 51.1. The second kappa shape index (κ2) is 11.6. The van der Waals surface area contributed by atoms with Gasteiger partial charge in [-0.3, -0.25) is 19.3 Å². The van der Waals surface area contributed by atoms with E-state index in [1.54, 1.807) is 30.4 Å². The SMILES string of the molecule is Cc1cc(C)c(OC[C@H](O)CNC2=C(c3nc4cc5c(cc4[nH]3)C(=O)N(C3CCN(C)CC3)C5=O)C(=O)CC=C2)cc1Cl. The van der Waals surface area contributed by atoms with Crippen LogP contribution >= 0.6 is 11.6 Å². The Kier molecular flexibility index (Phi) is 7.85. The number of hydrogen-bond donors (Lipinski definition) is 3. The number of fused-ring (bicyclic) bond motifs is 2. The number of halogens is 1. The smallest absolute Gasteiger partial charge is 0.261 e. The van der Waals surface area contributed by atoms with Crippen LogP contribution in [-0.4, -0.2) is 87.9 Å². The van der Waals surface area contributed by atoms with Crippen LogP contribution < -0.4 is 10.1 Å². The minimum Gasteiger partial charge on any atom is -0.490 e. The number of ether oxygens (including phenoxy) is 1. The normalized spacial score (nSPS) is 18.6. The van der Waals surface area contributed by atoms with Crippen LogP contribution in [0.3, 0.4) is 0 Å². The van der Waals surface area contributed by atoms with Gasteiger partial charge in [0.1, 0.15) is 24.3 Å². The fraction of sp³-hybridized carbons (Fsp3) is 0.375. The van der Waals surface area contributed by atoms with Crippen molar-refractivity contribution in [2.75, 3.05) is 33.3 Å². The van der Waals surface area contributed by atoms with Gasteiger partial charge in [0.15, 0.2) is 5.78 Å². The molecule has 0 spiro atoms. The van der Waals surface area contributed by atoms with E-state index >= 15 is 0 Å². The van der Waals surface area contributed by atoms with Crippen molar-refractivity contribution in [2.24, 2.45) is 0 Å². The van der Waals surface area contributed by atoms with Gasteiger partial charge in [0.05, 0.1) is 27.7 Å². The molecule has 1 saturated heterocycles. The molecule has 43 heavy (non-hydrogen) atoms. The summed E-state index contributed by atoms with van der Waals surface area (Å²) in [6.07, 6.45) is 4.37. The Morgan fingerprint density at radius 2 is 1.81 bits per heavy atom. The standard InChI is InChI=1S/C32H34ClN5O5/c1-17-11-18(2)28(14-23(17)33)43-16-20(39)15-34-24-5-4-6-27(40)29(24)30-35-25-12-21-22(13-26(25)36-30)32(42)38(31(21)41)19-7-9-37(3)10-8-19/h4-5,11-14,19-20,34,39H,6-10,15-16H2,1-3H3,(H,35,36)/t20-/m1/s1. The molecule has 6 rings (SSSR count). The lowest BCUT2D eigenvalue weighted by atomic mass is 10.00. The summed E-state index contributed by atoms with van der Waals surface area (Å²) in [6.45, 7) is 5.66. The number of allylic oxidation sites excluding steroid dienone is 3. The van der Waals surface area contributed by atoms with Gasteiger partial charge in [-0.1, -0.05) is 23.7 Å². The Bertz CT molecular complexity index is 1650. The summed E-state index contributed by atoms with van der Waals surface area (Å²) < 4.78 is 5.80. The number of aromatic amines is 1. The van der Waals surface area contributed by atoms with Crippen molar-refractivity contribution in [2.45, 2.75) is 45.3 Å². The number of imidazole rings is 1. The zero-order valence-corrected chi connectivity index (χ0v) is 25.1. The first-order chi connectivity index (χ1) is 20.6. The highest BCUT2D eigenvalue weighted by atomic mass is 35.5. The average molecular weight is 604 g/mol. The molecule has 3 N–H and O–H groups in total. The maximum atomic E-state index is 13.3. The quantitative estimate of drug-likeness (QED) is 0.332. The van der Waals surface area contributed by atoms with Crippen molar-refractivity contribution in [3.8, 4) is 5.75 Å². The Labute approximate surface area is 254 Å². The van der Waals surface area contributed by atoms with Crippen molar-refractivity contribution < 1.29 is 24.2 Å². The second-order valence-electron chi connectivity index (χ2n) is 11.5. The Balaban J connectivity index is 1.20. The van der Waals surface area contributed by atoms with Gasteiger partial charge in [-0.2, -0.15) is 0 Å². The van der Waals surface area contributed by atoms with E-state index in [4.69, 9.17) is 16.3 Å². The number of benzene rings is 2. The van der Waals surface area contributed by atoms with Crippen molar-refractivity contribution in [1.82, 2.24) is 25.1 Å². The molecule has 0 unspecified atom stereocenters. The molecule has 2 aromatic carbocycles. The molecule has 3 aliphatic rings. The number of nitrogens with zero attached hydrogens (tertiary/aromatic N) is 3. The van der Waals surface area contributed by atoms with Crippen LogP contribution in [0.4, 0.5) is 0 Å². The Morgan fingerprint density at radius 1 is 1.09 bits per heavy atom. The number of Topliss-reactive ketones (excluding diaryl/α,β-unsaturated/α-hetero) is 1. The van der Waals surface area contributed by atoms with Crippen molar-refractivity contribution in [1.29, 1.82) is 0 Å². The molecule has 1 atom stereocenters. The van der Waals surface area contributed by atoms with Crippen LogP contribution in [0.1, 0.15) is 56.9 Å². The molecular weight excluding hydrogens is 570 g/mol. The number of nitrogens with one attached hydrogen (secondary N) is 2. The third kappa shape index (κ3) is 5.58. The number of carbonyl (C=O) groups excluding carboxylic acids is 3. The highest BCUT2D eigenvalue weighted by Gasteiger charge is 2.41. The maximum Gasteiger partial charge on any atom is 0.261 e. The number of rotatable bonds is 8. The molecule has 0 radical (unpaired) electrons. The van der Waals surface area contributed by atoms with E-state index in [1.807, 2.05) is 27.0 Å². The Morgan fingerprint density at radius 3 is 2.56 bits per heavy atom. The third-order valence-corrected chi connectivity index (χ3v) is 8.77. The van der Waals surface area contributed by atoms with Gasteiger partial charge in [0.25, 0.3) is 11.8 Å². The van der Waals surface area contributed by atoms with Crippen LogP contribution in [-0.2, 0) is 4.79 Å². The van der Waals surface area contributed by atoms with Crippen LogP contribution in [0.2, 0.25) is 5.02 Å². The van der Waals surface area contributed by atoms with Gasteiger partial charge in [0.2, 0.25) is 0 Å². The van der Waals surface area contributed by atoms with E-state index in [1.165, 1.54) is 4.90 Å². The number of carbonyl (C=O) groups is 3. The van der Waals surface area contributed by atoms with Crippen molar-refractivity contribution in [3.05, 3.63) is 75.2 Å². The number of aliphatic hydroxyl groups is 1. The lowest BCUT2D eigenvalue weighted by molar-refractivity contribution is -0.113. The molecule has 1 aromatic heterocycles. The van der Waals surface area contributed by atoms with Gasteiger partial charge in [0, 0.05) is 29.7 Å². The highest BCUT2D eigenvalue weighted by Crippen LogP contribution is 2.33. The molecule has 11 heteroatoms. The summed E-state index contributed by atoms with van der Waals surface area (Å²) >= 11 is 6.22. The summed E-state index contributed by atoms with van der Waals surface area (Å²) in [5.41, 5.74) is 4.47. The van der Waals surface area contributed by atoms with Gasteiger partial charge >= 0.3 is 0 Å². The summed E-state index contributed by atoms with van der Waals surface area (Å²) in [5.74, 6) is 0.206. The number of hydrogen-bond acceptors (Lipinski definition) is 8. The minimum atomic E-state index is -0.873. The number of aryl methyl sites for hydroxylation is 2. The van der Waals surface area contributed by atoms with Crippen LogP contribution in [0.5, 0.6) is 5.75 Å². The number of piperidine rings is 1. The molecule has 224 valence electrons. The third-order valence-electron chi connectivity index (χ3n) is 8.36. The molecule has 0 bridgehead atoms. The monoisotopic (exact) mass is 603 g/mol. The highest BCUT2D eigenvalue weighted by molar-refractivity contribution is 6.31. The van der Waals surface area contributed by atoms with Gasteiger partial charge in [-0.05, 0) is 82.2 Å². The molecule has 10 nitrogen and oxygen atoms in total. The fourth-order valence-corrected chi connectivity index (χ4v) is 6.08. The number of imide groups is 1. The van der Waals surface area contributed by atoms with Gasteiger partial charge in [-0.25, -0.2) is 4.98 Å². The summed E-state index contributed by atoms with van der Waals surface area (Å²) in [5, 5.41) is 14.4. The lowest BCUT2D eigenvalue weighted by Gasteiger charge is -2.33. The first-order valence-corrected chi connectivity index (χ1v) is 14.8. The molecule has 2 amide bonds. The molecule has 3 aromatic rings. The average Bonchev–Trinajstić information content (AvgIpc) is 3.49. The summed E-state index contributed by atoms with van der Waals surface area (Å²) in [7, 11) is 2.04. The topological polar surface area (TPSA) is 128 Å². The predicted molar refractivity (Wildman–Crippen MR) is 163 cm³/mol. The molecule has 1 fully saturated rings. The maximum absolute atomic E-state index is 13.3. The van der Waals surface area contributed by atoms with Gasteiger partial charge < -0.3 is 25.0 Å². The molecule has 0 saturated carbocycles. The largest absolute Gasteiger partial charge is 0.490 e. The molecule has 1 aliphatic carbocycles. The van der Waals surface area contributed by atoms with E-state index in [2.05, 4.69) is 20.2 Å². The van der Waals surface area contributed by atoms with E-state index in [9.17, 15) is 19.5 Å². The van der Waals surface area contributed by atoms with Gasteiger partial charge in [-0.15, -0.1) is 0 Å². The van der Waals surface area contributed by atoms with Crippen LogP contribution in [0.15, 0.2) is 42.1 Å². The van der Waals surface area contributed by atoms with Crippen LogP contribution in [0, 0.1) is 13.8 Å². The van der Waals surface area contributed by atoms with Crippen molar-refractivity contribution >= 4 is 45.8 Å². The van der Waals surface area contributed by atoms with E-state index in [0.29, 0.717) is 50.0 Å². The zero-order valence-electron chi connectivity index (χ0n) is 24.4. The zero-order chi connectivity index (χ0) is 30.4. The predicted octanol–water partition coefficient (Wildman–Crippen LogP) is 3.79. The second-order valence-corrected chi connectivity index (χ2v) is 12.0. The minimum absolute atomic E-state index is 0.0281. The lowest BCUT2D eigenvalue weighted by Crippen LogP contribution is -2.46. The molecule has 2 aliphatic heterocycles. The number of likely N-dealkylation sites (tertiary alicyclic amines) is 1.